The van der Waals surface area contributed by atoms with E-state index in [1.807, 2.05) is 0 Å². The van der Waals surface area contributed by atoms with Gasteiger partial charge in [0.2, 0.25) is 0 Å². The first kappa shape index (κ1) is 116. The van der Waals surface area contributed by atoms with E-state index in [0.29, 0.717) is 75.9 Å². The number of fused-ring (bicyclic) bond motifs is 14. The lowest BCUT2D eigenvalue weighted by molar-refractivity contribution is 0.172. The van der Waals surface area contributed by atoms with Crippen LogP contribution in [0.25, 0.3) is 64.6 Å². The smallest absolute Gasteiger partial charge is 0.162 e. The summed E-state index contributed by atoms with van der Waals surface area (Å²) in [4.78, 5) is 0. The van der Waals surface area contributed by atoms with Gasteiger partial charge in [-0.05, 0) is 189 Å². The van der Waals surface area contributed by atoms with Crippen LogP contribution in [0.1, 0.15) is 518 Å². The average molecular weight is 1940 g/mol. The summed E-state index contributed by atoms with van der Waals surface area (Å²) in [5.74, 6) is 8.87. The molecule has 0 spiro atoms. The summed E-state index contributed by atoms with van der Waals surface area (Å²) in [6.45, 7) is 24.4. The Bertz CT molecular complexity index is 3940. The van der Waals surface area contributed by atoms with Crippen LogP contribution >= 0.6 is 0 Å². The van der Waals surface area contributed by atoms with Gasteiger partial charge < -0.3 is 56.8 Å². The van der Waals surface area contributed by atoms with Gasteiger partial charge in [0.05, 0.1) is 52.9 Å². The zero-order valence-electron chi connectivity index (χ0n) is 91.2. The topological polar surface area (TPSA) is 111 Å². The van der Waals surface area contributed by atoms with E-state index in [9.17, 15) is 0 Å². The highest BCUT2D eigenvalue weighted by Crippen LogP contribution is 2.51. The molecule has 0 unspecified atom stereocenters. The van der Waals surface area contributed by atoms with Gasteiger partial charge in [-0.15, -0.1) is 0 Å². The second kappa shape index (κ2) is 75.6. The van der Waals surface area contributed by atoms with E-state index < -0.39 is 0 Å². The van der Waals surface area contributed by atoms with Crippen LogP contribution in [-0.2, 0) is 0 Å². The number of hydrogen-bond acceptors (Lipinski definition) is 12. The second-order valence-corrected chi connectivity index (χ2v) is 41.9. The van der Waals surface area contributed by atoms with Gasteiger partial charge in [0.15, 0.2) is 69.0 Å². The molecule has 0 N–H and O–H groups in total. The van der Waals surface area contributed by atoms with E-state index >= 15 is 0 Å². The van der Waals surface area contributed by atoms with Crippen LogP contribution in [0.5, 0.6) is 69.0 Å². The minimum atomic E-state index is 0.238. The molecule has 0 bridgehead atoms. The normalized spacial score (nSPS) is 12.4. The van der Waals surface area contributed by atoms with Crippen molar-refractivity contribution in [3.63, 3.8) is 0 Å². The molecule has 1 aliphatic rings. The van der Waals surface area contributed by atoms with Crippen molar-refractivity contribution in [2.24, 2.45) is 0 Å². The maximum Gasteiger partial charge on any atom is 0.162 e. The van der Waals surface area contributed by atoms with Crippen molar-refractivity contribution in [1.29, 1.82) is 0 Å². The fourth-order valence-electron chi connectivity index (χ4n) is 20.8. The molecule has 12 nitrogen and oxygen atoms in total. The fraction of sp³-hybridized carbons (Fsp3) is 0.719. The molecule has 0 aliphatic carbocycles. The molecule has 0 fully saturated rings. The maximum absolute atomic E-state index is 7.15. The Morgan fingerprint density at radius 1 is 0.129 bits per heavy atom. The quantitative estimate of drug-likeness (QED) is 0.0267. The summed E-state index contributed by atoms with van der Waals surface area (Å²) in [5, 5.41) is 12.6. The van der Waals surface area contributed by atoms with Gasteiger partial charge in [-0.3, -0.25) is 0 Å². The summed E-state index contributed by atoms with van der Waals surface area (Å²) in [6.07, 6.45) is 89.9. The number of hydrogen-bond donors (Lipinski definition) is 0. The van der Waals surface area contributed by atoms with Gasteiger partial charge in [0.1, 0.15) is 26.4 Å². The molecule has 9 rings (SSSR count). The summed E-state index contributed by atoms with van der Waals surface area (Å²) < 4.78 is 85.1. The van der Waals surface area contributed by atoms with Crippen molar-refractivity contribution in [1.82, 2.24) is 0 Å². The standard InChI is InChI=1S/C128H204O12/c1-9-17-25-33-41-49-57-65-73-81-129-117-93-105-106-94-118(130-82-74-66-58-50-42-34-26-18-10-2)122(134-86-78-70-62-54-46-38-30-22-14-6)98-110(106)114-102-126-125(101-113(114)109(105)97-121(117)133-85-77-69-61-53-45-37-29-21-13-5)137-89-90-139-127-103-115-111-99-123(135-87-79-71-63-55-47-39-31-23-15-7)119(131-83-75-67-59-51-43-35-27-19-11-3)95-107(111)108-96-120(132-84-76-68-60-52-44-36-28-20-12-4)124(136-88-80-72-64-56-48-40-32-24-16-8)100-112(108)116(115)104-128(127)140-92-91-138-126/h93-104H,9-92H2,1-8H3. The third-order valence-electron chi connectivity index (χ3n) is 29.5. The van der Waals surface area contributed by atoms with E-state index in [1.54, 1.807) is 0 Å². The lowest BCUT2D eigenvalue weighted by Crippen LogP contribution is -2.15. The van der Waals surface area contributed by atoms with E-state index in [4.69, 9.17) is 56.8 Å². The number of rotatable bonds is 88. The predicted molar refractivity (Wildman–Crippen MR) is 602 cm³/mol. The summed E-state index contributed by atoms with van der Waals surface area (Å²) in [7, 11) is 0. The van der Waals surface area contributed by atoms with Crippen molar-refractivity contribution in [2.45, 2.75) is 518 Å². The maximum atomic E-state index is 7.15. The van der Waals surface area contributed by atoms with Crippen LogP contribution in [0.4, 0.5) is 0 Å². The molecule has 1 heterocycles. The van der Waals surface area contributed by atoms with Gasteiger partial charge in [0, 0.05) is 0 Å². The monoisotopic (exact) mass is 1930 g/mol. The van der Waals surface area contributed by atoms with Crippen LogP contribution in [0.2, 0.25) is 0 Å². The van der Waals surface area contributed by atoms with E-state index in [2.05, 4.69) is 128 Å². The molecule has 0 saturated heterocycles. The summed E-state index contributed by atoms with van der Waals surface area (Å²) in [6, 6.07) is 27.1. The molecule has 8 aromatic carbocycles. The Hall–Kier alpha value is -7.08. The SMILES string of the molecule is CCCCCCCCCCCOc1cc2c3cc(OCCCCCCCCCCC)c(OCCCCCCCCCCC)cc3c3cc4c(cc3c2cc1OCCCCCCCCCCC)OCCOc1cc2c3cc(OCCCCCCCCCCC)c(OCCCCCCCCCCC)cc3c3cc(OCCCCCCCCCCC)c(OCCCCCCCCCCC)cc3c2cc1OCCO4. The Labute approximate surface area is 855 Å². The van der Waals surface area contributed by atoms with Crippen molar-refractivity contribution in [2.75, 3.05) is 79.3 Å². The Kier molecular flexibility index (Phi) is 62.9. The minimum absolute atomic E-state index is 0.238. The van der Waals surface area contributed by atoms with Gasteiger partial charge >= 0.3 is 0 Å². The molecule has 12 heteroatoms. The molecule has 0 amide bonds. The summed E-state index contributed by atoms with van der Waals surface area (Å²) in [5.41, 5.74) is 0. The van der Waals surface area contributed by atoms with Crippen LogP contribution in [0.15, 0.2) is 72.8 Å². The highest BCUT2D eigenvalue weighted by atomic mass is 16.6. The number of ether oxygens (including phenoxy) is 12. The third-order valence-corrected chi connectivity index (χ3v) is 29.5. The lowest BCUT2D eigenvalue weighted by atomic mass is 9.93. The Balaban J connectivity index is 1.13. The first-order valence-corrected chi connectivity index (χ1v) is 60.0. The third kappa shape index (κ3) is 44.5. The van der Waals surface area contributed by atoms with E-state index in [-0.39, 0.29) is 26.4 Å². The van der Waals surface area contributed by atoms with Crippen LogP contribution in [-0.4, -0.2) is 79.3 Å². The summed E-state index contributed by atoms with van der Waals surface area (Å²) >= 11 is 0. The van der Waals surface area contributed by atoms with Gasteiger partial charge in [-0.2, -0.15) is 0 Å². The molecule has 140 heavy (non-hydrogen) atoms. The second-order valence-electron chi connectivity index (χ2n) is 41.9. The Morgan fingerprint density at radius 2 is 0.221 bits per heavy atom. The minimum Gasteiger partial charge on any atom is -0.490 e. The molecule has 0 saturated carbocycles. The highest BCUT2D eigenvalue weighted by Gasteiger charge is 2.26. The van der Waals surface area contributed by atoms with Crippen molar-refractivity contribution in [3.8, 4) is 69.0 Å². The zero-order chi connectivity index (χ0) is 98.2. The number of unbranched alkanes of at least 4 members (excludes halogenated alkanes) is 64. The van der Waals surface area contributed by atoms with Gasteiger partial charge in [0.25, 0.3) is 0 Å². The molecular formula is C128H204O12. The predicted octanol–water partition coefficient (Wildman–Crippen LogP) is 41.1. The Morgan fingerprint density at radius 3 is 0.329 bits per heavy atom. The molecule has 8 aromatic rings. The molecule has 1 aliphatic heterocycles. The first-order chi connectivity index (χ1) is 69.4. The molecule has 0 radical (unpaired) electrons. The number of benzene rings is 8. The molecule has 0 atom stereocenters. The van der Waals surface area contributed by atoms with Crippen LogP contribution in [0, 0.1) is 0 Å². The van der Waals surface area contributed by atoms with Crippen molar-refractivity contribution < 1.29 is 56.8 Å². The van der Waals surface area contributed by atoms with Crippen molar-refractivity contribution in [3.05, 3.63) is 72.8 Å². The highest BCUT2D eigenvalue weighted by molar-refractivity contribution is 6.28. The molecular weight excluding hydrogens is 1730 g/mol. The van der Waals surface area contributed by atoms with E-state index in [0.717, 1.165) is 213 Å². The zero-order valence-corrected chi connectivity index (χ0v) is 91.2. The molecule has 0 aromatic heterocycles. The molecule has 788 valence electrons. The lowest BCUT2D eigenvalue weighted by Gasteiger charge is -2.22. The first-order valence-electron chi connectivity index (χ1n) is 60.0. The van der Waals surface area contributed by atoms with Crippen LogP contribution < -0.4 is 56.8 Å². The van der Waals surface area contributed by atoms with Gasteiger partial charge in [-0.25, -0.2) is 0 Å². The van der Waals surface area contributed by atoms with Crippen molar-refractivity contribution >= 4 is 64.6 Å². The van der Waals surface area contributed by atoms with Gasteiger partial charge in [-0.1, -0.05) is 466 Å². The van der Waals surface area contributed by atoms with E-state index in [1.165, 1.54) is 360 Å². The fourth-order valence-corrected chi connectivity index (χ4v) is 20.8. The largest absolute Gasteiger partial charge is 0.490 e. The average Bonchev–Trinajstić information content (AvgIpc) is 0.729. The van der Waals surface area contributed by atoms with Crippen LogP contribution in [0.3, 0.4) is 0 Å².